The molecule has 17 heteroatoms. The average Bonchev–Trinajstić information content (AvgIpc) is 1.84. The number of carbonyl (C=O) groups is 1. The Hall–Kier alpha value is -4.67. The Labute approximate surface area is 675 Å². The van der Waals surface area contributed by atoms with E-state index in [-0.39, 0.29) is 18.2 Å². The molecule has 0 saturated carbocycles. The van der Waals surface area contributed by atoms with Crippen LogP contribution in [0.1, 0.15) is 417 Å². The number of carbonyl (C=O) groups excluding carboxylic acids is 1. The van der Waals surface area contributed by atoms with Crippen LogP contribution in [0.25, 0.3) is 0 Å². The number of rotatable bonds is 37. The molecule has 0 bridgehead atoms. The van der Waals surface area contributed by atoms with Gasteiger partial charge in [-0.1, -0.05) is 295 Å². The predicted octanol–water partition coefficient (Wildman–Crippen LogP) is 25.8. The molecular weight excluding hydrogens is 1370 g/mol. The lowest BCUT2D eigenvalue weighted by molar-refractivity contribution is -0.120. The Kier molecular flexibility index (Phi) is 57.9. The quantitative estimate of drug-likeness (QED) is 0.0376. The molecule has 0 aliphatic carbocycles. The third kappa shape index (κ3) is 70.9. The minimum Gasteiger partial charge on any atom is -0.355 e. The molecular formula is C92H181N13O3S. The Morgan fingerprint density at radius 2 is 0.596 bits per heavy atom. The molecule has 5 aromatic heterocycles. The smallest absolute Gasteiger partial charge is 0.219 e. The van der Waals surface area contributed by atoms with Crippen molar-refractivity contribution < 1.29 is 13.2 Å². The Balaban J connectivity index is -0.00000119. The molecule has 0 atom stereocenters. The van der Waals surface area contributed by atoms with Gasteiger partial charge in [-0.2, -0.15) is 15.3 Å². The second-order valence-corrected chi connectivity index (χ2v) is 42.9. The molecule has 5 rings (SSSR count). The number of nitrogens with zero attached hydrogens (tertiary/aromatic N) is 12. The summed E-state index contributed by atoms with van der Waals surface area (Å²) < 4.78 is 32.5. The molecule has 0 aromatic carbocycles. The summed E-state index contributed by atoms with van der Waals surface area (Å²) in [7, 11) is -3.12. The fourth-order valence-corrected chi connectivity index (χ4v) is 11.9. The molecule has 0 unspecified atom stereocenters. The topological polar surface area (TPSA) is 178 Å². The predicted molar refractivity (Wildman–Crippen MR) is 473 cm³/mol. The molecule has 16 nitrogen and oxygen atoms in total. The van der Waals surface area contributed by atoms with Crippen molar-refractivity contribution >= 4 is 15.7 Å². The first kappa shape index (κ1) is 108. The summed E-state index contributed by atoms with van der Waals surface area (Å²) in [5.41, 5.74) is 9.61. The summed E-state index contributed by atoms with van der Waals surface area (Å²) in [4.78, 5) is 10.8. The Morgan fingerprint density at radius 3 is 0.872 bits per heavy atom. The maximum Gasteiger partial charge on any atom is 0.219 e. The van der Waals surface area contributed by atoms with Crippen LogP contribution in [-0.4, -0.2) is 90.7 Å². The Bertz CT molecular complexity index is 2970. The van der Waals surface area contributed by atoms with Crippen molar-refractivity contribution in [2.24, 2.45) is 37.9 Å². The monoisotopic (exact) mass is 1550 g/mol. The Morgan fingerprint density at radius 1 is 0.330 bits per heavy atom. The summed E-state index contributed by atoms with van der Waals surface area (Å²) >= 11 is 0. The van der Waals surface area contributed by atoms with Gasteiger partial charge in [-0.3, -0.25) is 28.2 Å². The van der Waals surface area contributed by atoms with Gasteiger partial charge in [0.1, 0.15) is 0 Å². The van der Waals surface area contributed by atoms with Crippen LogP contribution in [0, 0.1) is 37.9 Å². The zero-order valence-corrected chi connectivity index (χ0v) is 78.8. The van der Waals surface area contributed by atoms with Crippen LogP contribution in [0.15, 0.2) is 49.6 Å². The van der Waals surface area contributed by atoms with E-state index in [2.05, 4.69) is 274 Å². The van der Waals surface area contributed by atoms with Crippen LogP contribution in [0.3, 0.4) is 0 Å². The number of hydrogen-bond acceptors (Lipinski definition) is 10. The van der Waals surface area contributed by atoms with Gasteiger partial charge in [-0.15, -0.1) is 10.2 Å². The van der Waals surface area contributed by atoms with E-state index in [1.165, 1.54) is 177 Å². The van der Waals surface area contributed by atoms with E-state index in [9.17, 15) is 13.2 Å². The molecule has 0 fully saturated rings. The van der Waals surface area contributed by atoms with Gasteiger partial charge in [0.05, 0.1) is 40.5 Å². The lowest BCUT2D eigenvalue weighted by Gasteiger charge is -2.18. The van der Waals surface area contributed by atoms with Gasteiger partial charge in [0.15, 0.2) is 9.84 Å². The van der Waals surface area contributed by atoms with E-state index in [1.807, 2.05) is 34.2 Å². The third-order valence-electron chi connectivity index (χ3n) is 18.5. The van der Waals surface area contributed by atoms with E-state index >= 15 is 0 Å². The number of sulfone groups is 1. The van der Waals surface area contributed by atoms with Crippen molar-refractivity contribution in [1.29, 1.82) is 0 Å². The zero-order valence-electron chi connectivity index (χ0n) is 78.0. The summed E-state index contributed by atoms with van der Waals surface area (Å²) in [6, 6.07) is 0. The number of aromatic nitrogens is 12. The third-order valence-corrected chi connectivity index (χ3v) is 21.1. The van der Waals surface area contributed by atoms with Crippen molar-refractivity contribution in [1.82, 2.24) is 64.6 Å². The van der Waals surface area contributed by atoms with Crippen LogP contribution >= 0.6 is 0 Å². The second kappa shape index (κ2) is 58.2. The molecule has 5 aromatic rings. The van der Waals surface area contributed by atoms with Gasteiger partial charge in [0, 0.05) is 76.7 Å². The van der Waals surface area contributed by atoms with E-state index in [0.29, 0.717) is 44.3 Å². The SMILES string of the molecule is CCC(=O)NCCS(=O)(=O)C(C)(C)C.CCCCC(C)(C)C.CCCCCCCC(C)(C)C.CCc1cn(CCCC(C)(C)C)nn1.CCc1cn(CCCCCC(C)(C)C)nn1.CCc1cnn(CCCC(C)(C)C)c1.CCc1cnn(CCCCC(C)(C)C)c1.CCc1cnn(CCCCCCC(C)(C)C)c1. The first-order valence-electron chi connectivity index (χ1n) is 43.7. The second-order valence-electron chi connectivity index (χ2n) is 40.0. The molecule has 0 aliphatic rings. The van der Waals surface area contributed by atoms with Crippen LogP contribution in [-0.2, 0) is 79.5 Å². The molecule has 0 radical (unpaired) electrons. The standard InChI is InChI=1S/C15H28N2.C13H25N3.C13H24N2.C12H22N2.C11H21N3.C11H24.C9H19NO3S.C8H18/c1-5-14-12-16-17(13-14)11-9-7-6-8-10-15(2,3)4;1-5-12-11-16(15-14-12)10-8-6-7-9-13(2,3)4;1-5-12-10-14-15(11-12)9-7-6-8-13(2,3)4;1-5-11-9-13-14(10-11)8-6-7-12(2,3)4;1-5-10-9-14(13-12-10)8-6-7-11(2,3)4;1-5-6-7-8-9-10-11(2,3)4;1-5-8(11)10-6-7-14(12,13)9(2,3)4;1-5-6-7-8(2,3)4/h12-13H,5-11H2,1-4H3;11H,5-10H2,1-4H3;10-11H,5-9H2,1-4H3;9-10H,5-8H2,1-4H3;9H,5-8H2,1-4H3;5-10H2,1-4H3;5-7H2,1-4H3,(H,10,11);5-7H2,1-4H3. The highest BCUT2D eigenvalue weighted by atomic mass is 32.2. The molecule has 109 heavy (non-hydrogen) atoms. The van der Waals surface area contributed by atoms with E-state index in [1.54, 1.807) is 27.7 Å². The van der Waals surface area contributed by atoms with Gasteiger partial charge in [0.25, 0.3) is 0 Å². The lowest BCUT2D eigenvalue weighted by atomic mass is 9.89. The van der Waals surface area contributed by atoms with Gasteiger partial charge >= 0.3 is 0 Å². The molecule has 638 valence electrons. The fourth-order valence-electron chi connectivity index (χ4n) is 10.9. The van der Waals surface area contributed by atoms with E-state index < -0.39 is 14.6 Å². The number of aryl methyl sites for hydroxylation is 10. The molecule has 0 spiro atoms. The molecule has 1 amide bonds. The summed E-state index contributed by atoms with van der Waals surface area (Å²) in [6.45, 7) is 75.6. The summed E-state index contributed by atoms with van der Waals surface area (Å²) in [5.74, 6) is -0.114. The van der Waals surface area contributed by atoms with E-state index in [0.717, 1.165) is 76.2 Å². The van der Waals surface area contributed by atoms with Crippen LogP contribution in [0.5, 0.6) is 0 Å². The maximum atomic E-state index is 11.6. The zero-order chi connectivity index (χ0) is 84.0. The highest BCUT2D eigenvalue weighted by Crippen LogP contribution is 2.27. The van der Waals surface area contributed by atoms with Gasteiger partial charge < -0.3 is 5.32 Å². The summed E-state index contributed by atoms with van der Waals surface area (Å²) in [6.07, 6.45) is 55.2. The largest absolute Gasteiger partial charge is 0.355 e. The maximum absolute atomic E-state index is 11.6. The fraction of sp³-hybridized carbons (Fsp3) is 0.848. The van der Waals surface area contributed by atoms with Crippen molar-refractivity contribution in [3.63, 3.8) is 0 Å². The number of amides is 1. The number of hydrogen-bond donors (Lipinski definition) is 1. The highest BCUT2D eigenvalue weighted by Gasteiger charge is 2.28. The molecule has 0 aliphatic heterocycles. The number of nitrogens with one attached hydrogen (secondary N) is 1. The van der Waals surface area contributed by atoms with Crippen LogP contribution in [0.4, 0.5) is 0 Å². The normalized spacial score (nSPS) is 12.1. The van der Waals surface area contributed by atoms with Crippen LogP contribution < -0.4 is 5.32 Å². The van der Waals surface area contributed by atoms with Gasteiger partial charge in [0.2, 0.25) is 5.91 Å². The van der Waals surface area contributed by atoms with Crippen LogP contribution in [0.2, 0.25) is 0 Å². The first-order valence-corrected chi connectivity index (χ1v) is 45.3. The van der Waals surface area contributed by atoms with Gasteiger partial charge in [-0.25, -0.2) is 8.42 Å². The molecule has 0 saturated heterocycles. The lowest BCUT2D eigenvalue weighted by Crippen LogP contribution is -2.36. The highest BCUT2D eigenvalue weighted by molar-refractivity contribution is 7.92. The van der Waals surface area contributed by atoms with E-state index in [4.69, 9.17) is 0 Å². The minimum atomic E-state index is -3.12. The number of unbranched alkanes of at least 4 members (excludes halogenated alkanes) is 11. The van der Waals surface area contributed by atoms with Gasteiger partial charge in [-0.05, 0) is 185 Å². The van der Waals surface area contributed by atoms with Crippen molar-refractivity contribution in [3.8, 4) is 0 Å². The summed E-state index contributed by atoms with van der Waals surface area (Å²) in [5, 5.41) is 31.9. The average molecular weight is 1550 g/mol. The van der Waals surface area contributed by atoms with Crippen molar-refractivity contribution in [3.05, 3.63) is 77.7 Å². The minimum absolute atomic E-state index is 0.00222. The van der Waals surface area contributed by atoms with Crippen molar-refractivity contribution in [2.75, 3.05) is 12.3 Å². The molecule has 5 heterocycles. The van der Waals surface area contributed by atoms with Crippen molar-refractivity contribution in [2.45, 2.75) is 458 Å². The molecule has 1 N–H and O–H groups in total. The first-order chi connectivity index (χ1) is 50.4.